The molecule has 2 aromatic rings. The Labute approximate surface area is 122 Å². The van der Waals surface area contributed by atoms with E-state index in [1.165, 1.54) is 16.5 Å². The molecular weight excluding hydrogens is 302 g/mol. The minimum Gasteiger partial charge on any atom is -0.354 e. The highest BCUT2D eigenvalue weighted by Gasteiger charge is 2.13. The van der Waals surface area contributed by atoms with Gasteiger partial charge in [0.05, 0.1) is 5.52 Å². The van der Waals surface area contributed by atoms with E-state index in [2.05, 4.69) is 58.2 Å². The summed E-state index contributed by atoms with van der Waals surface area (Å²) in [6.45, 7) is 8.43. The number of fused-ring (bicyclic) bond motifs is 1. The molecule has 3 nitrogen and oxygen atoms in total. The number of anilines is 1. The minimum atomic E-state index is 1.03. The number of nitrogens with zero attached hydrogens (tertiary/aromatic N) is 2. The molecule has 1 N–H and O–H groups in total. The molecule has 3 rings (SSSR count). The second kappa shape index (κ2) is 5.10. The molecule has 0 atom stereocenters. The summed E-state index contributed by atoms with van der Waals surface area (Å²) in [5.41, 5.74) is 3.63. The van der Waals surface area contributed by atoms with E-state index in [4.69, 9.17) is 4.98 Å². The van der Waals surface area contributed by atoms with E-state index >= 15 is 0 Å². The van der Waals surface area contributed by atoms with Crippen LogP contribution in [0.15, 0.2) is 22.7 Å². The van der Waals surface area contributed by atoms with Gasteiger partial charge < -0.3 is 10.2 Å². The fourth-order valence-electron chi connectivity index (χ4n) is 2.56. The van der Waals surface area contributed by atoms with Gasteiger partial charge in [0.25, 0.3) is 0 Å². The van der Waals surface area contributed by atoms with Crippen molar-refractivity contribution in [3.8, 4) is 0 Å². The zero-order valence-corrected chi connectivity index (χ0v) is 12.9. The van der Waals surface area contributed by atoms with Crippen LogP contribution >= 0.6 is 15.9 Å². The van der Waals surface area contributed by atoms with E-state index in [9.17, 15) is 0 Å². The lowest BCUT2D eigenvalue weighted by molar-refractivity contribution is 0.585. The van der Waals surface area contributed by atoms with Gasteiger partial charge in [0, 0.05) is 36.0 Å². The number of pyridine rings is 1. The van der Waals surface area contributed by atoms with Gasteiger partial charge in [-0.15, -0.1) is 0 Å². The Morgan fingerprint density at radius 1 is 1.11 bits per heavy atom. The Hall–Kier alpha value is -1.13. The monoisotopic (exact) mass is 319 g/mol. The molecule has 0 bridgehead atoms. The molecule has 1 fully saturated rings. The average molecular weight is 320 g/mol. The Kier molecular flexibility index (Phi) is 3.46. The number of aryl methyl sites for hydroxylation is 2. The number of nitrogens with one attached hydrogen (secondary N) is 1. The molecule has 0 radical (unpaired) electrons. The summed E-state index contributed by atoms with van der Waals surface area (Å²) >= 11 is 3.60. The third-order valence-electron chi connectivity index (χ3n) is 3.72. The van der Waals surface area contributed by atoms with Crippen molar-refractivity contribution in [2.24, 2.45) is 0 Å². The van der Waals surface area contributed by atoms with E-state index in [-0.39, 0.29) is 0 Å². The summed E-state index contributed by atoms with van der Waals surface area (Å²) in [4.78, 5) is 7.19. The Morgan fingerprint density at radius 2 is 1.84 bits per heavy atom. The third-order valence-corrected chi connectivity index (χ3v) is 4.58. The first kappa shape index (κ1) is 12.9. The predicted molar refractivity (Wildman–Crippen MR) is 84.0 cm³/mol. The SMILES string of the molecule is Cc1cc2c(C)cc(N3CCNCC3)nc2cc1Br. The summed E-state index contributed by atoms with van der Waals surface area (Å²) in [7, 11) is 0. The molecule has 1 aromatic heterocycles. The minimum absolute atomic E-state index is 1.03. The summed E-state index contributed by atoms with van der Waals surface area (Å²) in [6.07, 6.45) is 0. The van der Waals surface area contributed by atoms with Crippen LogP contribution in [-0.4, -0.2) is 31.2 Å². The molecule has 1 aliphatic rings. The van der Waals surface area contributed by atoms with E-state index < -0.39 is 0 Å². The van der Waals surface area contributed by atoms with Crippen LogP contribution in [0.3, 0.4) is 0 Å². The zero-order chi connectivity index (χ0) is 13.4. The number of hydrogen-bond donors (Lipinski definition) is 1. The summed E-state index contributed by atoms with van der Waals surface area (Å²) in [6, 6.07) is 6.55. The predicted octanol–water partition coefficient (Wildman–Crippen LogP) is 3.02. The number of hydrogen-bond acceptors (Lipinski definition) is 3. The molecule has 0 saturated carbocycles. The normalized spacial score (nSPS) is 16.1. The largest absolute Gasteiger partial charge is 0.354 e. The van der Waals surface area contributed by atoms with E-state index in [0.717, 1.165) is 42.0 Å². The molecule has 19 heavy (non-hydrogen) atoms. The average Bonchev–Trinajstić information content (AvgIpc) is 2.42. The molecule has 2 heterocycles. The first-order valence-electron chi connectivity index (χ1n) is 6.68. The number of rotatable bonds is 1. The molecule has 100 valence electrons. The van der Waals surface area contributed by atoms with Crippen LogP contribution in [0.4, 0.5) is 5.82 Å². The van der Waals surface area contributed by atoms with Crippen LogP contribution in [0, 0.1) is 13.8 Å². The molecular formula is C15H18BrN3. The van der Waals surface area contributed by atoms with Gasteiger partial charge in [-0.1, -0.05) is 15.9 Å². The summed E-state index contributed by atoms with van der Waals surface area (Å²) < 4.78 is 1.13. The van der Waals surface area contributed by atoms with Gasteiger partial charge in [0.15, 0.2) is 0 Å². The maximum atomic E-state index is 4.83. The molecule has 1 aliphatic heterocycles. The van der Waals surface area contributed by atoms with E-state index in [1.54, 1.807) is 0 Å². The molecule has 0 unspecified atom stereocenters. The van der Waals surface area contributed by atoms with Gasteiger partial charge in [0.2, 0.25) is 0 Å². The van der Waals surface area contributed by atoms with Gasteiger partial charge in [-0.25, -0.2) is 4.98 Å². The van der Waals surface area contributed by atoms with Gasteiger partial charge in [-0.3, -0.25) is 0 Å². The van der Waals surface area contributed by atoms with Crippen molar-refractivity contribution >= 4 is 32.7 Å². The van der Waals surface area contributed by atoms with Crippen molar-refractivity contribution in [1.29, 1.82) is 0 Å². The van der Waals surface area contributed by atoms with Gasteiger partial charge in [0.1, 0.15) is 5.82 Å². The van der Waals surface area contributed by atoms with Crippen LogP contribution in [0.2, 0.25) is 0 Å². The molecule has 0 spiro atoms. The second-order valence-electron chi connectivity index (χ2n) is 5.15. The lowest BCUT2D eigenvalue weighted by atomic mass is 10.1. The van der Waals surface area contributed by atoms with Crippen molar-refractivity contribution in [3.05, 3.63) is 33.8 Å². The molecule has 0 amide bonds. The van der Waals surface area contributed by atoms with Crippen LogP contribution in [0.25, 0.3) is 10.9 Å². The highest BCUT2D eigenvalue weighted by Crippen LogP contribution is 2.27. The van der Waals surface area contributed by atoms with Crippen molar-refractivity contribution in [3.63, 3.8) is 0 Å². The van der Waals surface area contributed by atoms with Crippen LogP contribution in [-0.2, 0) is 0 Å². The number of piperazine rings is 1. The standard InChI is InChI=1S/C15H18BrN3/c1-10-8-15(19-5-3-17-4-6-19)18-14-9-13(16)11(2)7-12(10)14/h7-9,17H,3-6H2,1-2H3. The highest BCUT2D eigenvalue weighted by atomic mass is 79.9. The third kappa shape index (κ3) is 2.47. The van der Waals surface area contributed by atoms with Crippen molar-refractivity contribution in [2.75, 3.05) is 31.1 Å². The van der Waals surface area contributed by atoms with Crippen molar-refractivity contribution < 1.29 is 0 Å². The van der Waals surface area contributed by atoms with Crippen LogP contribution in [0.5, 0.6) is 0 Å². The fraction of sp³-hybridized carbons (Fsp3) is 0.400. The molecule has 1 saturated heterocycles. The first-order valence-corrected chi connectivity index (χ1v) is 7.47. The lowest BCUT2D eigenvalue weighted by Crippen LogP contribution is -2.43. The summed E-state index contributed by atoms with van der Waals surface area (Å²) in [5.74, 6) is 1.10. The van der Waals surface area contributed by atoms with Gasteiger partial charge >= 0.3 is 0 Å². The van der Waals surface area contributed by atoms with E-state index in [1.807, 2.05) is 0 Å². The topological polar surface area (TPSA) is 28.2 Å². The lowest BCUT2D eigenvalue weighted by Gasteiger charge is -2.29. The number of aromatic nitrogens is 1. The first-order chi connectivity index (χ1) is 9.15. The molecule has 0 aliphatic carbocycles. The van der Waals surface area contributed by atoms with Crippen molar-refractivity contribution in [1.82, 2.24) is 10.3 Å². The smallest absolute Gasteiger partial charge is 0.129 e. The summed E-state index contributed by atoms with van der Waals surface area (Å²) in [5, 5.41) is 4.63. The van der Waals surface area contributed by atoms with Crippen molar-refractivity contribution in [2.45, 2.75) is 13.8 Å². The Bertz CT molecular complexity index is 618. The fourth-order valence-corrected chi connectivity index (χ4v) is 2.89. The molecule has 4 heteroatoms. The maximum Gasteiger partial charge on any atom is 0.129 e. The van der Waals surface area contributed by atoms with Gasteiger partial charge in [-0.2, -0.15) is 0 Å². The van der Waals surface area contributed by atoms with Crippen LogP contribution < -0.4 is 10.2 Å². The Balaban J connectivity index is 2.10. The van der Waals surface area contributed by atoms with E-state index in [0.29, 0.717) is 0 Å². The second-order valence-corrected chi connectivity index (χ2v) is 6.01. The molecule has 1 aromatic carbocycles. The zero-order valence-electron chi connectivity index (χ0n) is 11.3. The highest BCUT2D eigenvalue weighted by molar-refractivity contribution is 9.10. The maximum absolute atomic E-state index is 4.83. The number of halogens is 1. The Morgan fingerprint density at radius 3 is 2.58 bits per heavy atom. The number of benzene rings is 1. The van der Waals surface area contributed by atoms with Gasteiger partial charge in [-0.05, 0) is 43.2 Å². The quantitative estimate of drug-likeness (QED) is 0.875. The van der Waals surface area contributed by atoms with Crippen LogP contribution in [0.1, 0.15) is 11.1 Å².